The van der Waals surface area contributed by atoms with Crippen molar-refractivity contribution in [2.75, 3.05) is 37.6 Å². The van der Waals surface area contributed by atoms with Crippen molar-refractivity contribution in [2.45, 2.75) is 13.1 Å². The number of benzene rings is 3. The average molecular weight is 459 g/mol. The molecular formula is C26H26N4O4. The number of aromatic nitrogens is 2. The smallest absolute Gasteiger partial charge is 0.262 e. The standard InChI is InChI=1S/C26H26N4O4/c1-32-19-8-10-20(11-9-19)34-17-26(31)28-22-15-18(7-12-24(22)33-2)29-13-14-30-23-6-4-3-5-21(23)27-25(30)16-29/h3-12,15H,13-14,16-17H2,1-2H3,(H,28,31). The van der Waals surface area contributed by atoms with Crippen molar-refractivity contribution in [3.8, 4) is 17.2 Å². The topological polar surface area (TPSA) is 77.9 Å². The SMILES string of the molecule is COc1ccc(OCC(=O)Nc2cc(N3CCn4c(nc5ccccc54)C3)ccc2OC)cc1. The first kappa shape index (κ1) is 21.6. The summed E-state index contributed by atoms with van der Waals surface area (Å²) in [5.41, 5.74) is 3.77. The van der Waals surface area contributed by atoms with E-state index in [2.05, 4.69) is 20.9 Å². The third-order valence-corrected chi connectivity index (χ3v) is 5.91. The van der Waals surface area contributed by atoms with E-state index in [0.717, 1.165) is 41.4 Å². The molecule has 0 spiro atoms. The van der Waals surface area contributed by atoms with Gasteiger partial charge in [0.05, 0.1) is 37.5 Å². The normalized spacial score (nSPS) is 12.8. The van der Waals surface area contributed by atoms with Crippen LogP contribution in [0, 0.1) is 0 Å². The molecule has 0 fully saturated rings. The summed E-state index contributed by atoms with van der Waals surface area (Å²) in [6.45, 7) is 2.26. The van der Waals surface area contributed by atoms with E-state index < -0.39 is 0 Å². The number of ether oxygens (including phenoxy) is 3. The molecule has 8 nitrogen and oxygen atoms in total. The summed E-state index contributed by atoms with van der Waals surface area (Å²) in [5, 5.41) is 2.91. The highest BCUT2D eigenvalue weighted by atomic mass is 16.5. The Morgan fingerprint density at radius 3 is 2.56 bits per heavy atom. The molecule has 1 N–H and O–H groups in total. The molecule has 0 atom stereocenters. The van der Waals surface area contributed by atoms with Crippen molar-refractivity contribution in [3.05, 3.63) is 72.6 Å². The van der Waals surface area contributed by atoms with Gasteiger partial charge in [-0.3, -0.25) is 4.79 Å². The van der Waals surface area contributed by atoms with Crippen LogP contribution in [-0.4, -0.2) is 42.8 Å². The molecule has 8 heteroatoms. The van der Waals surface area contributed by atoms with Gasteiger partial charge in [0.15, 0.2) is 6.61 Å². The molecular weight excluding hydrogens is 432 g/mol. The van der Waals surface area contributed by atoms with Gasteiger partial charge in [0.2, 0.25) is 0 Å². The molecule has 1 amide bonds. The predicted molar refractivity (Wildman–Crippen MR) is 131 cm³/mol. The Balaban J connectivity index is 1.29. The number of hydrogen-bond donors (Lipinski definition) is 1. The maximum absolute atomic E-state index is 12.6. The lowest BCUT2D eigenvalue weighted by atomic mass is 10.2. The van der Waals surface area contributed by atoms with Crippen LogP contribution in [0.25, 0.3) is 11.0 Å². The lowest BCUT2D eigenvalue weighted by molar-refractivity contribution is -0.118. The van der Waals surface area contributed by atoms with Crippen LogP contribution in [0.3, 0.4) is 0 Å². The fourth-order valence-corrected chi connectivity index (χ4v) is 4.18. The molecule has 1 aromatic heterocycles. The minimum Gasteiger partial charge on any atom is -0.497 e. The molecule has 2 heterocycles. The van der Waals surface area contributed by atoms with Crippen molar-refractivity contribution in [1.82, 2.24) is 9.55 Å². The second-order valence-electron chi connectivity index (χ2n) is 7.99. The van der Waals surface area contributed by atoms with Gasteiger partial charge in [0, 0.05) is 18.8 Å². The van der Waals surface area contributed by atoms with Crippen LogP contribution in [0.5, 0.6) is 17.2 Å². The van der Waals surface area contributed by atoms with E-state index in [9.17, 15) is 4.79 Å². The second kappa shape index (κ2) is 9.35. The van der Waals surface area contributed by atoms with Crippen LogP contribution in [0.4, 0.5) is 11.4 Å². The molecule has 4 aromatic rings. The average Bonchev–Trinajstić information content (AvgIpc) is 3.25. The monoisotopic (exact) mass is 458 g/mol. The molecule has 0 saturated heterocycles. The van der Waals surface area contributed by atoms with Crippen LogP contribution >= 0.6 is 0 Å². The Hall–Kier alpha value is -4.20. The molecule has 1 aliphatic rings. The van der Waals surface area contributed by atoms with E-state index >= 15 is 0 Å². The highest BCUT2D eigenvalue weighted by Crippen LogP contribution is 2.32. The molecule has 0 aliphatic carbocycles. The minimum atomic E-state index is -0.272. The zero-order valence-electron chi connectivity index (χ0n) is 19.2. The van der Waals surface area contributed by atoms with Crippen molar-refractivity contribution in [3.63, 3.8) is 0 Å². The maximum atomic E-state index is 12.6. The minimum absolute atomic E-state index is 0.118. The van der Waals surface area contributed by atoms with Gasteiger partial charge < -0.3 is 29.0 Å². The number of carbonyl (C=O) groups is 1. The lowest BCUT2D eigenvalue weighted by Gasteiger charge is -2.30. The summed E-state index contributed by atoms with van der Waals surface area (Å²) in [6, 6.07) is 21.1. The van der Waals surface area contributed by atoms with Crippen molar-refractivity contribution < 1.29 is 19.0 Å². The third kappa shape index (κ3) is 4.34. The van der Waals surface area contributed by atoms with Crippen molar-refractivity contribution in [2.24, 2.45) is 0 Å². The molecule has 174 valence electrons. The van der Waals surface area contributed by atoms with Gasteiger partial charge >= 0.3 is 0 Å². The Bertz CT molecular complexity index is 1320. The molecule has 0 radical (unpaired) electrons. The number of anilines is 2. The van der Waals surface area contributed by atoms with E-state index in [4.69, 9.17) is 19.2 Å². The van der Waals surface area contributed by atoms with Crippen LogP contribution < -0.4 is 24.4 Å². The van der Waals surface area contributed by atoms with E-state index in [1.165, 1.54) is 0 Å². The van der Waals surface area contributed by atoms with Gasteiger partial charge in [-0.05, 0) is 54.6 Å². The van der Waals surface area contributed by atoms with Crippen LogP contribution in [0.15, 0.2) is 66.7 Å². The van der Waals surface area contributed by atoms with Crippen molar-refractivity contribution >= 4 is 28.3 Å². The van der Waals surface area contributed by atoms with E-state index in [-0.39, 0.29) is 12.5 Å². The van der Waals surface area contributed by atoms with E-state index in [1.807, 2.05) is 36.4 Å². The summed E-state index contributed by atoms with van der Waals surface area (Å²) < 4.78 is 18.5. The number of para-hydroxylation sites is 2. The zero-order valence-corrected chi connectivity index (χ0v) is 19.2. The van der Waals surface area contributed by atoms with E-state index in [0.29, 0.717) is 23.7 Å². The van der Waals surface area contributed by atoms with Crippen LogP contribution in [-0.2, 0) is 17.9 Å². The molecule has 0 saturated carbocycles. The van der Waals surface area contributed by atoms with Gasteiger partial charge in [-0.15, -0.1) is 0 Å². The Labute approximate surface area is 197 Å². The first-order valence-corrected chi connectivity index (χ1v) is 11.1. The Morgan fingerprint density at radius 2 is 1.76 bits per heavy atom. The van der Waals surface area contributed by atoms with Gasteiger partial charge in [0.1, 0.15) is 23.1 Å². The molecule has 34 heavy (non-hydrogen) atoms. The first-order chi connectivity index (χ1) is 16.6. The third-order valence-electron chi connectivity index (χ3n) is 5.91. The molecule has 0 bridgehead atoms. The second-order valence-corrected chi connectivity index (χ2v) is 7.99. The molecule has 5 rings (SSSR count). The number of nitrogens with zero attached hydrogens (tertiary/aromatic N) is 3. The summed E-state index contributed by atoms with van der Waals surface area (Å²) >= 11 is 0. The highest BCUT2D eigenvalue weighted by molar-refractivity contribution is 5.94. The fourth-order valence-electron chi connectivity index (χ4n) is 4.18. The summed E-state index contributed by atoms with van der Waals surface area (Å²) in [6.07, 6.45) is 0. The quantitative estimate of drug-likeness (QED) is 0.450. The van der Waals surface area contributed by atoms with Crippen LogP contribution in [0.1, 0.15) is 5.82 Å². The number of fused-ring (bicyclic) bond motifs is 3. The number of imidazole rings is 1. The largest absolute Gasteiger partial charge is 0.497 e. The number of carbonyl (C=O) groups excluding carboxylic acids is 1. The number of hydrogen-bond acceptors (Lipinski definition) is 6. The zero-order chi connectivity index (χ0) is 23.5. The van der Waals surface area contributed by atoms with Gasteiger partial charge in [-0.25, -0.2) is 4.98 Å². The van der Waals surface area contributed by atoms with Crippen molar-refractivity contribution in [1.29, 1.82) is 0 Å². The Morgan fingerprint density at radius 1 is 0.971 bits per heavy atom. The van der Waals surface area contributed by atoms with Gasteiger partial charge in [0.25, 0.3) is 5.91 Å². The number of amides is 1. The van der Waals surface area contributed by atoms with E-state index in [1.54, 1.807) is 38.5 Å². The van der Waals surface area contributed by atoms with Gasteiger partial charge in [-0.1, -0.05) is 12.1 Å². The maximum Gasteiger partial charge on any atom is 0.262 e. The molecule has 1 aliphatic heterocycles. The molecule has 3 aromatic carbocycles. The lowest BCUT2D eigenvalue weighted by Crippen LogP contribution is -2.33. The van der Waals surface area contributed by atoms with Crippen LogP contribution in [0.2, 0.25) is 0 Å². The highest BCUT2D eigenvalue weighted by Gasteiger charge is 2.21. The number of nitrogens with one attached hydrogen (secondary N) is 1. The Kier molecular flexibility index (Phi) is 5.95. The summed E-state index contributed by atoms with van der Waals surface area (Å²) in [5.74, 6) is 2.67. The predicted octanol–water partition coefficient (Wildman–Crippen LogP) is 4.09. The summed E-state index contributed by atoms with van der Waals surface area (Å²) in [7, 11) is 3.19. The number of methoxy groups -OCH3 is 2. The summed E-state index contributed by atoms with van der Waals surface area (Å²) in [4.78, 5) is 19.6. The number of rotatable bonds is 7. The fraction of sp³-hybridized carbons (Fsp3) is 0.231. The first-order valence-electron chi connectivity index (χ1n) is 11.1. The van der Waals surface area contributed by atoms with Gasteiger partial charge in [-0.2, -0.15) is 0 Å². The molecule has 0 unspecified atom stereocenters.